The minimum absolute atomic E-state index is 0. The predicted molar refractivity (Wildman–Crippen MR) is 110 cm³/mol. The molecule has 130 valence electrons. The number of aliphatic imine (C=N–C) groups is 1. The van der Waals surface area contributed by atoms with E-state index in [2.05, 4.69) is 60.7 Å². The van der Waals surface area contributed by atoms with Crippen LogP contribution in [0, 0.1) is 12.8 Å². The average molecular weight is 430 g/mol. The fraction of sp³-hybridized carbons (Fsp3) is 0.611. The number of guanidine groups is 1. The SMILES string of the molecule is CCNC(=NCc1ccc(C)cc1)NCC1CCCN(C)C1.I. The average Bonchev–Trinajstić information content (AvgIpc) is 2.52. The largest absolute Gasteiger partial charge is 0.357 e. The third-order valence-electron chi connectivity index (χ3n) is 4.16. The van der Waals surface area contributed by atoms with Crippen LogP contribution in [0.25, 0.3) is 0 Å². The minimum Gasteiger partial charge on any atom is -0.357 e. The lowest BCUT2D eigenvalue weighted by Crippen LogP contribution is -2.43. The van der Waals surface area contributed by atoms with Gasteiger partial charge in [0.15, 0.2) is 5.96 Å². The lowest BCUT2D eigenvalue weighted by Gasteiger charge is -2.30. The monoisotopic (exact) mass is 430 g/mol. The van der Waals surface area contributed by atoms with Crippen molar-refractivity contribution in [1.29, 1.82) is 0 Å². The van der Waals surface area contributed by atoms with E-state index in [0.717, 1.165) is 31.5 Å². The van der Waals surface area contributed by atoms with E-state index in [1.807, 2.05) is 0 Å². The summed E-state index contributed by atoms with van der Waals surface area (Å²) < 4.78 is 0. The van der Waals surface area contributed by atoms with Crippen LogP contribution >= 0.6 is 24.0 Å². The Morgan fingerprint density at radius 1 is 1.26 bits per heavy atom. The van der Waals surface area contributed by atoms with Crippen LogP contribution in [0.15, 0.2) is 29.3 Å². The molecule has 0 radical (unpaired) electrons. The van der Waals surface area contributed by atoms with Crippen molar-refractivity contribution in [3.05, 3.63) is 35.4 Å². The summed E-state index contributed by atoms with van der Waals surface area (Å²) >= 11 is 0. The van der Waals surface area contributed by atoms with Crippen LogP contribution in [0.5, 0.6) is 0 Å². The van der Waals surface area contributed by atoms with Crippen molar-refractivity contribution in [3.8, 4) is 0 Å². The molecule has 0 amide bonds. The number of hydrogen-bond donors (Lipinski definition) is 2. The first-order valence-electron chi connectivity index (χ1n) is 8.43. The minimum atomic E-state index is 0. The summed E-state index contributed by atoms with van der Waals surface area (Å²) in [5.41, 5.74) is 2.54. The van der Waals surface area contributed by atoms with Crippen molar-refractivity contribution < 1.29 is 0 Å². The summed E-state index contributed by atoms with van der Waals surface area (Å²) in [4.78, 5) is 7.12. The summed E-state index contributed by atoms with van der Waals surface area (Å²) in [6, 6.07) is 8.59. The maximum absolute atomic E-state index is 4.70. The van der Waals surface area contributed by atoms with Crippen molar-refractivity contribution in [1.82, 2.24) is 15.5 Å². The van der Waals surface area contributed by atoms with Gasteiger partial charge < -0.3 is 15.5 Å². The van der Waals surface area contributed by atoms with E-state index in [-0.39, 0.29) is 24.0 Å². The zero-order chi connectivity index (χ0) is 15.8. The van der Waals surface area contributed by atoms with Crippen LogP contribution in [-0.4, -0.2) is 44.1 Å². The Bertz CT molecular complexity index is 472. The molecule has 1 saturated heterocycles. The van der Waals surface area contributed by atoms with Gasteiger partial charge in [-0.2, -0.15) is 0 Å². The number of aryl methyl sites for hydroxylation is 1. The summed E-state index contributed by atoms with van der Waals surface area (Å²) in [5, 5.41) is 6.85. The van der Waals surface area contributed by atoms with Gasteiger partial charge in [-0.3, -0.25) is 0 Å². The van der Waals surface area contributed by atoms with Crippen molar-refractivity contribution in [2.24, 2.45) is 10.9 Å². The fourth-order valence-electron chi connectivity index (χ4n) is 2.89. The molecule has 1 heterocycles. The fourth-order valence-corrected chi connectivity index (χ4v) is 2.89. The zero-order valence-electron chi connectivity index (χ0n) is 14.6. The van der Waals surface area contributed by atoms with Crippen LogP contribution in [0.3, 0.4) is 0 Å². The van der Waals surface area contributed by atoms with Gasteiger partial charge in [-0.1, -0.05) is 29.8 Å². The lowest BCUT2D eigenvalue weighted by atomic mass is 9.99. The predicted octanol–water partition coefficient (Wildman–Crippen LogP) is 3.01. The van der Waals surface area contributed by atoms with Crippen molar-refractivity contribution in [2.75, 3.05) is 33.2 Å². The third kappa shape index (κ3) is 7.52. The zero-order valence-corrected chi connectivity index (χ0v) is 17.0. The molecule has 1 aliphatic rings. The molecule has 0 saturated carbocycles. The second-order valence-corrected chi connectivity index (χ2v) is 6.33. The van der Waals surface area contributed by atoms with E-state index in [1.165, 1.54) is 37.1 Å². The second-order valence-electron chi connectivity index (χ2n) is 6.33. The molecule has 4 nitrogen and oxygen atoms in total. The Morgan fingerprint density at radius 2 is 2.00 bits per heavy atom. The topological polar surface area (TPSA) is 39.7 Å². The van der Waals surface area contributed by atoms with Crippen LogP contribution in [0.4, 0.5) is 0 Å². The first-order chi connectivity index (χ1) is 10.7. The standard InChI is InChI=1S/C18H30N4.HI/c1-4-19-18(20-12-16-9-7-15(2)8-10-16)21-13-17-6-5-11-22(3)14-17;/h7-10,17H,4-6,11-14H2,1-3H3,(H2,19,20,21);1H. The molecule has 0 aliphatic carbocycles. The molecule has 1 atom stereocenters. The number of rotatable bonds is 5. The van der Waals surface area contributed by atoms with Crippen molar-refractivity contribution >= 4 is 29.9 Å². The number of nitrogens with one attached hydrogen (secondary N) is 2. The van der Waals surface area contributed by atoms with Crippen molar-refractivity contribution in [3.63, 3.8) is 0 Å². The number of likely N-dealkylation sites (tertiary alicyclic amines) is 1. The number of halogens is 1. The Labute approximate surface area is 158 Å². The molecule has 5 heteroatoms. The lowest BCUT2D eigenvalue weighted by molar-refractivity contribution is 0.210. The molecule has 2 N–H and O–H groups in total. The molecule has 1 unspecified atom stereocenters. The van der Waals surface area contributed by atoms with E-state index < -0.39 is 0 Å². The highest BCUT2D eigenvalue weighted by atomic mass is 127. The van der Waals surface area contributed by atoms with Crippen LogP contribution in [0.1, 0.15) is 30.9 Å². The molecular weight excluding hydrogens is 399 g/mol. The molecule has 0 bridgehead atoms. The first kappa shape index (κ1) is 20.2. The normalized spacial score (nSPS) is 19.1. The van der Waals surface area contributed by atoms with Gasteiger partial charge in [0, 0.05) is 19.6 Å². The maximum Gasteiger partial charge on any atom is 0.191 e. The van der Waals surface area contributed by atoms with E-state index in [9.17, 15) is 0 Å². The molecule has 2 rings (SSSR count). The smallest absolute Gasteiger partial charge is 0.191 e. The summed E-state index contributed by atoms with van der Waals surface area (Å²) in [7, 11) is 2.21. The highest BCUT2D eigenvalue weighted by molar-refractivity contribution is 14.0. The highest BCUT2D eigenvalue weighted by Crippen LogP contribution is 2.13. The van der Waals surface area contributed by atoms with Gasteiger partial charge in [-0.15, -0.1) is 24.0 Å². The van der Waals surface area contributed by atoms with Gasteiger partial charge in [0.25, 0.3) is 0 Å². The Balaban J connectivity index is 0.00000264. The second kappa shape index (κ2) is 10.9. The molecule has 0 spiro atoms. The highest BCUT2D eigenvalue weighted by Gasteiger charge is 2.17. The summed E-state index contributed by atoms with van der Waals surface area (Å²) in [6.45, 7) is 9.26. The van der Waals surface area contributed by atoms with Gasteiger partial charge in [-0.25, -0.2) is 4.99 Å². The molecule has 23 heavy (non-hydrogen) atoms. The Morgan fingerprint density at radius 3 is 2.65 bits per heavy atom. The van der Waals surface area contributed by atoms with Gasteiger partial charge in [-0.05, 0) is 51.8 Å². The molecular formula is C18H31IN4. The molecule has 0 aromatic heterocycles. The first-order valence-corrected chi connectivity index (χ1v) is 8.43. The van der Waals surface area contributed by atoms with Crippen LogP contribution in [-0.2, 0) is 6.54 Å². The quantitative estimate of drug-likeness (QED) is 0.429. The Kier molecular flexibility index (Phi) is 9.55. The van der Waals surface area contributed by atoms with Gasteiger partial charge >= 0.3 is 0 Å². The number of piperidine rings is 1. The molecule has 1 aromatic rings. The Hall–Kier alpha value is -0.820. The van der Waals surface area contributed by atoms with Gasteiger partial charge in [0.2, 0.25) is 0 Å². The van der Waals surface area contributed by atoms with E-state index in [0.29, 0.717) is 0 Å². The number of nitrogens with zero attached hydrogens (tertiary/aromatic N) is 2. The molecule has 1 fully saturated rings. The van der Waals surface area contributed by atoms with E-state index in [1.54, 1.807) is 0 Å². The van der Waals surface area contributed by atoms with Gasteiger partial charge in [0.05, 0.1) is 6.54 Å². The van der Waals surface area contributed by atoms with Crippen LogP contribution < -0.4 is 10.6 Å². The van der Waals surface area contributed by atoms with E-state index >= 15 is 0 Å². The third-order valence-corrected chi connectivity index (χ3v) is 4.16. The number of hydrogen-bond acceptors (Lipinski definition) is 2. The number of benzene rings is 1. The molecule has 1 aromatic carbocycles. The summed E-state index contributed by atoms with van der Waals surface area (Å²) in [6.07, 6.45) is 2.62. The maximum atomic E-state index is 4.70. The van der Waals surface area contributed by atoms with E-state index in [4.69, 9.17) is 4.99 Å². The summed E-state index contributed by atoms with van der Waals surface area (Å²) in [5.74, 6) is 1.65. The van der Waals surface area contributed by atoms with Crippen LogP contribution in [0.2, 0.25) is 0 Å². The van der Waals surface area contributed by atoms with Crippen molar-refractivity contribution in [2.45, 2.75) is 33.2 Å². The van der Waals surface area contributed by atoms with Gasteiger partial charge in [0.1, 0.15) is 0 Å². The molecule has 1 aliphatic heterocycles.